The maximum atomic E-state index is 8.58. The summed E-state index contributed by atoms with van der Waals surface area (Å²) < 4.78 is 0. The summed E-state index contributed by atoms with van der Waals surface area (Å²) >= 11 is 0. The maximum absolute atomic E-state index is 8.58. The minimum atomic E-state index is 0.510. The van der Waals surface area contributed by atoms with E-state index in [1.807, 2.05) is 20.2 Å². The fraction of sp³-hybridized carbons (Fsp3) is 0.364. The Balaban J connectivity index is 2.95. The fourth-order valence-electron chi connectivity index (χ4n) is 1.37. The molecule has 6 nitrogen and oxygen atoms in total. The van der Waals surface area contributed by atoms with Gasteiger partial charge in [-0.3, -0.25) is 0 Å². The lowest BCUT2D eigenvalue weighted by atomic mass is 10.1. The maximum Gasteiger partial charge on any atom is 0.0921 e. The summed E-state index contributed by atoms with van der Waals surface area (Å²) in [6.45, 7) is 0.876. The van der Waals surface area contributed by atoms with Crippen LogP contribution < -0.4 is 0 Å². The van der Waals surface area contributed by atoms with Gasteiger partial charge in [0.15, 0.2) is 0 Å². The first-order valence-corrected chi connectivity index (χ1v) is 5.17. The number of hydrogen-bond acceptors (Lipinski definition) is 6. The number of pyridine rings is 1. The van der Waals surface area contributed by atoms with E-state index in [-0.39, 0.29) is 0 Å². The molecule has 0 aliphatic rings. The molecule has 1 rings (SSSR count). The lowest BCUT2D eigenvalue weighted by molar-refractivity contribution is 0.321. The Morgan fingerprint density at radius 2 is 1.94 bits per heavy atom. The van der Waals surface area contributed by atoms with Crippen LogP contribution >= 0.6 is 0 Å². The Labute approximate surface area is 99.9 Å². The summed E-state index contributed by atoms with van der Waals surface area (Å²) in [5.41, 5.74) is 2.06. The van der Waals surface area contributed by atoms with Crippen LogP contribution in [0, 0.1) is 0 Å². The highest BCUT2D eigenvalue weighted by atomic mass is 16.4. The van der Waals surface area contributed by atoms with Crippen molar-refractivity contribution in [3.8, 4) is 0 Å². The molecular weight excluding hydrogens is 220 g/mol. The molecule has 0 radical (unpaired) electrons. The summed E-state index contributed by atoms with van der Waals surface area (Å²) in [5.74, 6) is 0. The van der Waals surface area contributed by atoms with Crippen molar-refractivity contribution >= 4 is 12.4 Å². The highest BCUT2D eigenvalue weighted by molar-refractivity contribution is 5.82. The van der Waals surface area contributed by atoms with Crippen LogP contribution in [0.15, 0.2) is 22.4 Å². The molecule has 0 amide bonds. The second kappa shape index (κ2) is 6.59. The second-order valence-electron chi connectivity index (χ2n) is 3.82. The van der Waals surface area contributed by atoms with Crippen LogP contribution in [0.25, 0.3) is 0 Å². The molecule has 92 valence electrons. The molecule has 1 heterocycles. The van der Waals surface area contributed by atoms with Gasteiger partial charge in [-0.05, 0) is 32.1 Å². The van der Waals surface area contributed by atoms with Crippen LogP contribution in [0.2, 0.25) is 0 Å². The Bertz CT molecular complexity index is 416. The number of rotatable bonds is 5. The Morgan fingerprint density at radius 3 is 2.53 bits per heavy atom. The van der Waals surface area contributed by atoms with Crippen molar-refractivity contribution in [1.29, 1.82) is 0 Å². The topological polar surface area (TPSA) is 81.3 Å². The van der Waals surface area contributed by atoms with Crippen LogP contribution in [0.5, 0.6) is 0 Å². The molecule has 1 aromatic heterocycles. The largest absolute Gasteiger partial charge is 0.411 e. The Morgan fingerprint density at radius 1 is 1.24 bits per heavy atom. The normalized spacial score (nSPS) is 11.9. The minimum Gasteiger partial charge on any atom is -0.411 e. The molecule has 0 saturated heterocycles. The number of nitrogens with zero attached hydrogens (tertiary/aromatic N) is 4. The fourth-order valence-corrected chi connectivity index (χ4v) is 1.37. The quantitative estimate of drug-likeness (QED) is 0.450. The molecule has 0 spiro atoms. The predicted molar refractivity (Wildman–Crippen MR) is 65.3 cm³/mol. The van der Waals surface area contributed by atoms with Crippen molar-refractivity contribution in [2.45, 2.75) is 6.42 Å². The van der Waals surface area contributed by atoms with E-state index in [1.54, 1.807) is 6.07 Å². The van der Waals surface area contributed by atoms with Crippen molar-refractivity contribution in [3.05, 3.63) is 29.1 Å². The number of oxime groups is 2. The molecule has 0 bridgehead atoms. The van der Waals surface area contributed by atoms with Gasteiger partial charge in [0.1, 0.15) is 0 Å². The molecule has 0 aromatic carbocycles. The number of aromatic nitrogens is 1. The summed E-state index contributed by atoms with van der Waals surface area (Å²) in [6.07, 6.45) is 3.31. The molecule has 0 aliphatic heterocycles. The first-order chi connectivity index (χ1) is 8.17. The second-order valence-corrected chi connectivity index (χ2v) is 3.82. The molecule has 17 heavy (non-hydrogen) atoms. The van der Waals surface area contributed by atoms with Crippen LogP contribution in [0.1, 0.15) is 17.0 Å². The van der Waals surface area contributed by atoms with Gasteiger partial charge in [-0.1, -0.05) is 16.4 Å². The average Bonchev–Trinajstić information content (AvgIpc) is 2.28. The van der Waals surface area contributed by atoms with E-state index >= 15 is 0 Å². The van der Waals surface area contributed by atoms with Crippen molar-refractivity contribution in [2.24, 2.45) is 10.3 Å². The lowest BCUT2D eigenvalue weighted by Gasteiger charge is -2.10. The SMILES string of the molecule is CN(C)CCc1ccc(C=NO)nc1C=NO. The van der Waals surface area contributed by atoms with Gasteiger partial charge in [0.2, 0.25) is 0 Å². The van der Waals surface area contributed by atoms with E-state index in [1.165, 1.54) is 12.4 Å². The summed E-state index contributed by atoms with van der Waals surface area (Å²) in [7, 11) is 3.97. The standard InChI is InChI=1S/C11H16N4O2/c1-15(2)6-5-9-3-4-10(7-12-16)14-11(9)8-13-17/h3-4,7-8,16-17H,5-6H2,1-2H3. The number of hydrogen-bond donors (Lipinski definition) is 2. The molecule has 0 fully saturated rings. The van der Waals surface area contributed by atoms with Crippen molar-refractivity contribution in [3.63, 3.8) is 0 Å². The van der Waals surface area contributed by atoms with Crippen molar-refractivity contribution < 1.29 is 10.4 Å². The Kier molecular flexibility index (Phi) is 5.09. The summed E-state index contributed by atoms with van der Waals surface area (Å²) in [6, 6.07) is 3.63. The molecule has 6 heteroatoms. The van der Waals surface area contributed by atoms with Gasteiger partial charge in [0.05, 0.1) is 23.8 Å². The zero-order valence-corrected chi connectivity index (χ0v) is 9.91. The van der Waals surface area contributed by atoms with Gasteiger partial charge in [-0.15, -0.1) is 0 Å². The van der Waals surface area contributed by atoms with Crippen LogP contribution in [0.4, 0.5) is 0 Å². The van der Waals surface area contributed by atoms with E-state index < -0.39 is 0 Å². The van der Waals surface area contributed by atoms with Gasteiger partial charge in [0.25, 0.3) is 0 Å². The third-order valence-electron chi connectivity index (χ3n) is 2.23. The number of likely N-dealkylation sites (N-methyl/N-ethyl adjacent to an activating group) is 1. The van der Waals surface area contributed by atoms with Crippen LogP contribution in [-0.2, 0) is 6.42 Å². The van der Waals surface area contributed by atoms with Crippen LogP contribution in [0.3, 0.4) is 0 Å². The van der Waals surface area contributed by atoms with Gasteiger partial charge in [-0.25, -0.2) is 4.98 Å². The van der Waals surface area contributed by atoms with Crippen molar-refractivity contribution in [2.75, 3.05) is 20.6 Å². The van der Waals surface area contributed by atoms with Gasteiger partial charge in [-0.2, -0.15) is 0 Å². The van der Waals surface area contributed by atoms with E-state index in [9.17, 15) is 0 Å². The van der Waals surface area contributed by atoms with Gasteiger partial charge < -0.3 is 15.3 Å². The monoisotopic (exact) mass is 236 g/mol. The third kappa shape index (κ3) is 4.20. The summed E-state index contributed by atoms with van der Waals surface area (Å²) in [5, 5.41) is 22.9. The molecule has 2 N–H and O–H groups in total. The first kappa shape index (κ1) is 13.1. The Hall–Kier alpha value is -1.95. The molecule has 1 aromatic rings. The molecule has 0 atom stereocenters. The summed E-state index contributed by atoms with van der Waals surface area (Å²) in [4.78, 5) is 6.25. The molecule has 0 saturated carbocycles. The van der Waals surface area contributed by atoms with E-state index in [2.05, 4.69) is 20.2 Å². The average molecular weight is 236 g/mol. The third-order valence-corrected chi connectivity index (χ3v) is 2.23. The van der Waals surface area contributed by atoms with Gasteiger partial charge >= 0.3 is 0 Å². The molecule has 0 aliphatic carbocycles. The first-order valence-electron chi connectivity index (χ1n) is 5.17. The predicted octanol–water partition coefficient (Wildman–Crippen LogP) is 0.802. The lowest BCUT2D eigenvalue weighted by Crippen LogP contribution is -2.16. The van der Waals surface area contributed by atoms with E-state index in [4.69, 9.17) is 10.4 Å². The van der Waals surface area contributed by atoms with Gasteiger partial charge in [0, 0.05) is 6.54 Å². The molecular formula is C11H16N4O2. The van der Waals surface area contributed by atoms with Crippen LogP contribution in [-0.4, -0.2) is 53.4 Å². The zero-order valence-electron chi connectivity index (χ0n) is 9.91. The highest BCUT2D eigenvalue weighted by Crippen LogP contribution is 2.07. The highest BCUT2D eigenvalue weighted by Gasteiger charge is 2.04. The molecule has 0 unspecified atom stereocenters. The van der Waals surface area contributed by atoms with E-state index in [0.29, 0.717) is 11.4 Å². The van der Waals surface area contributed by atoms with Crippen molar-refractivity contribution in [1.82, 2.24) is 9.88 Å². The smallest absolute Gasteiger partial charge is 0.0921 e. The van der Waals surface area contributed by atoms with E-state index in [0.717, 1.165) is 18.5 Å². The zero-order chi connectivity index (χ0) is 12.7. The minimum absolute atomic E-state index is 0.510.